The molecule has 0 aliphatic heterocycles. The van der Waals surface area contributed by atoms with E-state index in [1.54, 1.807) is 12.1 Å². The van der Waals surface area contributed by atoms with Crippen molar-refractivity contribution in [2.45, 2.75) is 57.9 Å². The van der Waals surface area contributed by atoms with Gasteiger partial charge in [0.15, 0.2) is 0 Å². The number of hydrogen-bond acceptors (Lipinski definition) is 1. The molecule has 1 unspecified atom stereocenters. The van der Waals surface area contributed by atoms with Gasteiger partial charge in [0.1, 0.15) is 5.82 Å². The van der Waals surface area contributed by atoms with Gasteiger partial charge in [-0.15, -0.1) is 0 Å². The van der Waals surface area contributed by atoms with E-state index in [9.17, 15) is 4.39 Å². The lowest BCUT2D eigenvalue weighted by Crippen LogP contribution is -2.38. The van der Waals surface area contributed by atoms with Crippen molar-refractivity contribution in [3.63, 3.8) is 0 Å². The van der Waals surface area contributed by atoms with Crippen LogP contribution >= 0.6 is 11.6 Å². The van der Waals surface area contributed by atoms with Crippen LogP contribution in [-0.2, 0) is 6.42 Å². The zero-order chi connectivity index (χ0) is 14.4. The summed E-state index contributed by atoms with van der Waals surface area (Å²) < 4.78 is 13.6. The first kappa shape index (κ1) is 15.8. The Balaban J connectivity index is 2.05. The third kappa shape index (κ3) is 4.46. The number of rotatable bonds is 5. The molecule has 0 spiro atoms. The van der Waals surface area contributed by atoms with E-state index in [1.807, 2.05) is 6.07 Å². The van der Waals surface area contributed by atoms with E-state index < -0.39 is 0 Å². The summed E-state index contributed by atoms with van der Waals surface area (Å²) in [5, 5.41) is 3.82. The van der Waals surface area contributed by atoms with Gasteiger partial charge < -0.3 is 5.32 Å². The topological polar surface area (TPSA) is 12.0 Å². The van der Waals surface area contributed by atoms with Crippen molar-refractivity contribution in [3.8, 4) is 0 Å². The molecule has 1 aliphatic rings. The SMILES string of the molecule is CCNC(Cc1ccc(Cl)c(F)c1)C1CCCCCC1. The Kier molecular flexibility index (Phi) is 6.31. The summed E-state index contributed by atoms with van der Waals surface area (Å²) in [6.07, 6.45) is 8.90. The van der Waals surface area contributed by atoms with Crippen LogP contribution in [0.5, 0.6) is 0 Å². The Bertz CT molecular complexity index is 413. The second kappa shape index (κ2) is 7.99. The van der Waals surface area contributed by atoms with Gasteiger partial charge in [0, 0.05) is 6.04 Å². The summed E-state index contributed by atoms with van der Waals surface area (Å²) in [7, 11) is 0. The summed E-state index contributed by atoms with van der Waals surface area (Å²) in [6.45, 7) is 3.11. The lowest BCUT2D eigenvalue weighted by Gasteiger charge is -2.27. The summed E-state index contributed by atoms with van der Waals surface area (Å²) in [6, 6.07) is 5.66. The maximum absolute atomic E-state index is 13.6. The molecule has 1 aromatic carbocycles. The highest BCUT2D eigenvalue weighted by Crippen LogP contribution is 2.27. The van der Waals surface area contributed by atoms with E-state index in [1.165, 1.54) is 38.5 Å². The Morgan fingerprint density at radius 3 is 2.55 bits per heavy atom. The van der Waals surface area contributed by atoms with E-state index in [2.05, 4.69) is 12.2 Å². The van der Waals surface area contributed by atoms with Crippen LogP contribution in [0.2, 0.25) is 5.02 Å². The van der Waals surface area contributed by atoms with E-state index in [0.29, 0.717) is 6.04 Å². The molecule has 1 saturated carbocycles. The number of benzene rings is 1. The molecule has 3 heteroatoms. The Morgan fingerprint density at radius 2 is 1.95 bits per heavy atom. The predicted octanol–water partition coefficient (Wildman–Crippen LogP) is 4.97. The van der Waals surface area contributed by atoms with Crippen molar-refractivity contribution in [2.75, 3.05) is 6.54 Å². The Morgan fingerprint density at radius 1 is 1.25 bits per heavy atom. The van der Waals surface area contributed by atoms with Crippen LogP contribution < -0.4 is 5.32 Å². The molecule has 1 fully saturated rings. The molecule has 1 aromatic rings. The molecule has 1 atom stereocenters. The number of likely N-dealkylation sites (N-methyl/N-ethyl adjacent to an activating group) is 1. The largest absolute Gasteiger partial charge is 0.314 e. The average molecular weight is 298 g/mol. The molecule has 112 valence electrons. The van der Waals surface area contributed by atoms with Crippen LogP contribution in [0.15, 0.2) is 18.2 Å². The maximum Gasteiger partial charge on any atom is 0.142 e. The van der Waals surface area contributed by atoms with E-state index in [-0.39, 0.29) is 10.8 Å². The van der Waals surface area contributed by atoms with Crippen LogP contribution in [0.3, 0.4) is 0 Å². The van der Waals surface area contributed by atoms with Crippen LogP contribution in [0.25, 0.3) is 0 Å². The predicted molar refractivity (Wildman–Crippen MR) is 83.8 cm³/mol. The van der Waals surface area contributed by atoms with E-state index >= 15 is 0 Å². The third-order valence-corrected chi connectivity index (χ3v) is 4.68. The lowest BCUT2D eigenvalue weighted by atomic mass is 9.87. The first-order valence-electron chi connectivity index (χ1n) is 7.88. The van der Waals surface area contributed by atoms with Gasteiger partial charge in [-0.1, -0.05) is 50.3 Å². The molecule has 1 nitrogen and oxygen atoms in total. The molecule has 2 rings (SSSR count). The van der Waals surface area contributed by atoms with Crippen LogP contribution in [0.4, 0.5) is 4.39 Å². The average Bonchev–Trinajstić information content (AvgIpc) is 2.71. The van der Waals surface area contributed by atoms with Gasteiger partial charge in [0.05, 0.1) is 5.02 Å². The highest BCUT2D eigenvalue weighted by atomic mass is 35.5. The minimum absolute atomic E-state index is 0.211. The summed E-state index contributed by atoms with van der Waals surface area (Å²) in [4.78, 5) is 0. The molecular weight excluding hydrogens is 273 g/mol. The van der Waals surface area contributed by atoms with Crippen molar-refractivity contribution in [2.24, 2.45) is 5.92 Å². The quantitative estimate of drug-likeness (QED) is 0.757. The summed E-state index contributed by atoms with van der Waals surface area (Å²) in [5.74, 6) is 0.413. The van der Waals surface area contributed by atoms with Gasteiger partial charge in [-0.3, -0.25) is 0 Å². The lowest BCUT2D eigenvalue weighted by molar-refractivity contribution is 0.321. The van der Waals surface area contributed by atoms with Crippen LogP contribution in [-0.4, -0.2) is 12.6 Å². The van der Waals surface area contributed by atoms with Crippen molar-refractivity contribution in [1.29, 1.82) is 0 Å². The standard InChI is InChI=1S/C17H25ClFN/c1-2-20-17(14-7-5-3-4-6-8-14)12-13-9-10-15(18)16(19)11-13/h9-11,14,17,20H,2-8,12H2,1H3. The molecule has 1 N–H and O–H groups in total. The van der Waals surface area contributed by atoms with E-state index in [4.69, 9.17) is 11.6 Å². The highest BCUT2D eigenvalue weighted by molar-refractivity contribution is 6.30. The molecule has 0 heterocycles. The fourth-order valence-electron chi connectivity index (χ4n) is 3.30. The van der Waals surface area contributed by atoms with Gasteiger partial charge in [0.2, 0.25) is 0 Å². The molecular formula is C17H25ClFN. The van der Waals surface area contributed by atoms with E-state index in [0.717, 1.165) is 24.4 Å². The van der Waals surface area contributed by atoms with Crippen molar-refractivity contribution >= 4 is 11.6 Å². The molecule has 20 heavy (non-hydrogen) atoms. The minimum Gasteiger partial charge on any atom is -0.314 e. The Hall–Kier alpha value is -0.600. The number of halogens is 2. The third-order valence-electron chi connectivity index (χ3n) is 4.37. The summed E-state index contributed by atoms with van der Waals surface area (Å²) >= 11 is 5.76. The molecule has 0 amide bonds. The molecule has 0 aromatic heterocycles. The molecule has 0 saturated heterocycles. The number of nitrogens with one attached hydrogen (secondary N) is 1. The second-order valence-corrected chi connectivity index (χ2v) is 6.28. The number of hydrogen-bond donors (Lipinski definition) is 1. The van der Waals surface area contributed by atoms with Crippen LogP contribution in [0.1, 0.15) is 51.0 Å². The first-order chi connectivity index (χ1) is 9.70. The first-order valence-corrected chi connectivity index (χ1v) is 8.25. The zero-order valence-electron chi connectivity index (χ0n) is 12.3. The summed E-state index contributed by atoms with van der Waals surface area (Å²) in [5.41, 5.74) is 1.04. The fourth-order valence-corrected chi connectivity index (χ4v) is 3.42. The normalized spacial score (nSPS) is 18.8. The zero-order valence-corrected chi connectivity index (χ0v) is 13.1. The molecule has 0 bridgehead atoms. The van der Waals surface area contributed by atoms with Crippen LogP contribution in [0, 0.1) is 11.7 Å². The van der Waals surface area contributed by atoms with Crippen molar-refractivity contribution in [3.05, 3.63) is 34.6 Å². The van der Waals surface area contributed by atoms with Gasteiger partial charge >= 0.3 is 0 Å². The van der Waals surface area contributed by atoms with Gasteiger partial charge in [0.25, 0.3) is 0 Å². The molecule has 1 aliphatic carbocycles. The fraction of sp³-hybridized carbons (Fsp3) is 0.647. The maximum atomic E-state index is 13.6. The molecule has 0 radical (unpaired) electrons. The minimum atomic E-state index is -0.305. The second-order valence-electron chi connectivity index (χ2n) is 5.87. The smallest absolute Gasteiger partial charge is 0.142 e. The van der Waals surface area contributed by atoms with Crippen molar-refractivity contribution < 1.29 is 4.39 Å². The van der Waals surface area contributed by atoms with Gasteiger partial charge in [-0.05, 0) is 49.4 Å². The van der Waals surface area contributed by atoms with Crippen molar-refractivity contribution in [1.82, 2.24) is 5.32 Å². The van der Waals surface area contributed by atoms with Gasteiger partial charge in [-0.25, -0.2) is 4.39 Å². The van der Waals surface area contributed by atoms with Gasteiger partial charge in [-0.2, -0.15) is 0 Å². The highest BCUT2D eigenvalue weighted by Gasteiger charge is 2.22. The Labute approximate surface area is 126 Å². The monoisotopic (exact) mass is 297 g/mol.